The van der Waals surface area contributed by atoms with Crippen molar-refractivity contribution in [1.82, 2.24) is 4.90 Å². The van der Waals surface area contributed by atoms with Crippen LogP contribution in [0.5, 0.6) is 0 Å². The van der Waals surface area contributed by atoms with Gasteiger partial charge in [-0.2, -0.15) is 0 Å². The summed E-state index contributed by atoms with van der Waals surface area (Å²) in [7, 11) is 0. The predicted octanol–water partition coefficient (Wildman–Crippen LogP) is 7.44. The molecule has 2 unspecified atom stereocenters. The molecule has 0 aromatic carbocycles. The van der Waals surface area contributed by atoms with Crippen molar-refractivity contribution in [2.24, 2.45) is 27.9 Å². The minimum absolute atomic E-state index is 0.00440. The Morgan fingerprint density at radius 2 is 1.30 bits per heavy atom. The number of carbonyl (C=O) groups is 1. The van der Waals surface area contributed by atoms with Gasteiger partial charge in [0.25, 0.3) is 0 Å². The van der Waals surface area contributed by atoms with Gasteiger partial charge in [-0.25, -0.2) is 0 Å². The Morgan fingerprint density at radius 3 is 1.73 bits per heavy atom. The van der Waals surface area contributed by atoms with Gasteiger partial charge in [0.05, 0.1) is 11.2 Å². The Hall–Kier alpha value is -0.610. The third-order valence-corrected chi connectivity index (χ3v) is 5.99. The zero-order valence-electron chi connectivity index (χ0n) is 24.9. The Labute approximate surface area is 207 Å². The molecule has 0 spiro atoms. The van der Waals surface area contributed by atoms with Gasteiger partial charge in [0.1, 0.15) is 0 Å². The molecule has 198 valence electrons. The Morgan fingerprint density at radius 1 is 0.818 bits per heavy atom. The molecule has 0 aliphatic carbocycles. The Kier molecular flexibility index (Phi) is 11.7. The molecule has 4 heteroatoms. The lowest BCUT2D eigenvalue weighted by molar-refractivity contribution is -0.153. The molecule has 0 saturated heterocycles. The van der Waals surface area contributed by atoms with Crippen LogP contribution in [0, 0.1) is 22.2 Å². The van der Waals surface area contributed by atoms with Crippen LogP contribution in [-0.2, 0) is 9.53 Å². The smallest absolute Gasteiger partial charge is 0.225 e. The van der Waals surface area contributed by atoms with E-state index in [1.54, 1.807) is 0 Å². The number of nitrogens with two attached hydrogens (primary N) is 1. The van der Waals surface area contributed by atoms with E-state index in [0.717, 1.165) is 45.2 Å². The fourth-order valence-corrected chi connectivity index (χ4v) is 6.54. The Bertz CT molecular complexity index is 597. The second-order valence-electron chi connectivity index (χ2n) is 14.9. The van der Waals surface area contributed by atoms with E-state index in [0.29, 0.717) is 0 Å². The van der Waals surface area contributed by atoms with Crippen LogP contribution in [0.3, 0.4) is 0 Å². The van der Waals surface area contributed by atoms with Gasteiger partial charge in [-0.1, -0.05) is 62.3 Å². The molecule has 0 radical (unpaired) electrons. The fraction of sp³-hybridized carbons (Fsp3) is 0.966. The molecule has 33 heavy (non-hydrogen) atoms. The monoisotopic (exact) mass is 468 g/mol. The van der Waals surface area contributed by atoms with Gasteiger partial charge in [0.2, 0.25) is 5.91 Å². The molecule has 2 N–H and O–H groups in total. The van der Waals surface area contributed by atoms with Crippen LogP contribution in [0.2, 0.25) is 0 Å². The summed E-state index contributed by atoms with van der Waals surface area (Å²) >= 11 is 0. The van der Waals surface area contributed by atoms with E-state index in [9.17, 15) is 4.79 Å². The van der Waals surface area contributed by atoms with E-state index in [2.05, 4.69) is 94.9 Å². The fourth-order valence-electron chi connectivity index (χ4n) is 6.54. The van der Waals surface area contributed by atoms with Crippen molar-refractivity contribution < 1.29 is 9.53 Å². The lowest BCUT2D eigenvalue weighted by atomic mass is 9.75. The highest BCUT2D eigenvalue weighted by Gasteiger charge is 2.38. The third kappa shape index (κ3) is 14.4. The zero-order valence-corrected chi connectivity index (χ0v) is 24.9. The summed E-state index contributed by atoms with van der Waals surface area (Å²) in [5, 5.41) is 0. The van der Waals surface area contributed by atoms with Crippen LogP contribution in [0.15, 0.2) is 0 Å². The number of ether oxygens (including phenoxy) is 1. The van der Waals surface area contributed by atoms with Gasteiger partial charge >= 0.3 is 0 Å². The van der Waals surface area contributed by atoms with Crippen LogP contribution < -0.4 is 5.73 Å². The predicted molar refractivity (Wildman–Crippen MR) is 144 cm³/mol. The second-order valence-corrected chi connectivity index (χ2v) is 14.9. The number of rotatable bonds is 14. The van der Waals surface area contributed by atoms with Crippen molar-refractivity contribution in [3.8, 4) is 0 Å². The average Bonchev–Trinajstić information content (AvgIpc) is 2.46. The van der Waals surface area contributed by atoms with Crippen LogP contribution in [-0.4, -0.2) is 41.1 Å². The van der Waals surface area contributed by atoms with Gasteiger partial charge in [-0.15, -0.1) is 0 Å². The SMILES string of the molecule is CCCN(CC(C)(C)CC(C)N)C(=O)C(C)CC(C)(C)CC(C)(C)OC(C)(C)CC(C)(C)C. The van der Waals surface area contributed by atoms with Gasteiger partial charge in [0.15, 0.2) is 0 Å². The molecule has 4 nitrogen and oxygen atoms in total. The number of amides is 1. The Balaban J connectivity index is 5.27. The standard InChI is InChI=1S/C29H60N2O2/c1-15-16-31(21-27(9,10)18-23(3)30)24(32)22(2)17-26(7,8)20-29(13,14)33-28(11,12)19-25(4,5)6/h22-23H,15-21,30H2,1-14H3. The molecule has 0 fully saturated rings. The highest BCUT2D eigenvalue weighted by molar-refractivity contribution is 5.78. The second kappa shape index (κ2) is 11.9. The maximum atomic E-state index is 13.5. The summed E-state index contributed by atoms with van der Waals surface area (Å²) in [6, 6.07) is 0.139. The van der Waals surface area contributed by atoms with Crippen molar-refractivity contribution in [3.05, 3.63) is 0 Å². The van der Waals surface area contributed by atoms with Gasteiger partial charge in [0, 0.05) is 25.0 Å². The van der Waals surface area contributed by atoms with E-state index in [4.69, 9.17) is 10.5 Å². The number of hydrogen-bond acceptors (Lipinski definition) is 3. The molecule has 2 atom stereocenters. The first-order valence-corrected chi connectivity index (χ1v) is 13.2. The number of nitrogens with zero attached hydrogens (tertiary/aromatic N) is 1. The van der Waals surface area contributed by atoms with Gasteiger partial charge in [-0.3, -0.25) is 4.79 Å². The van der Waals surface area contributed by atoms with Crippen LogP contribution in [0.25, 0.3) is 0 Å². The first-order chi connectivity index (χ1) is 14.5. The normalized spacial score (nSPS) is 16.0. The maximum Gasteiger partial charge on any atom is 0.225 e. The maximum absolute atomic E-state index is 13.5. The zero-order chi connectivity index (χ0) is 26.5. The minimum atomic E-state index is -0.261. The molecular weight excluding hydrogens is 408 g/mol. The lowest BCUT2D eigenvalue weighted by Crippen LogP contribution is -2.45. The van der Waals surface area contributed by atoms with E-state index >= 15 is 0 Å². The summed E-state index contributed by atoms with van der Waals surface area (Å²) in [5.41, 5.74) is 5.84. The highest BCUT2D eigenvalue weighted by atomic mass is 16.5. The largest absolute Gasteiger partial charge is 0.370 e. The summed E-state index contributed by atoms with van der Waals surface area (Å²) in [5.74, 6) is 0.255. The summed E-state index contributed by atoms with van der Waals surface area (Å²) in [4.78, 5) is 15.6. The van der Waals surface area contributed by atoms with Crippen molar-refractivity contribution in [3.63, 3.8) is 0 Å². The quantitative estimate of drug-likeness (QED) is 0.288. The van der Waals surface area contributed by atoms with Crippen molar-refractivity contribution in [1.29, 1.82) is 0 Å². The average molecular weight is 469 g/mol. The molecule has 0 rings (SSSR count). The summed E-state index contributed by atoms with van der Waals surface area (Å²) < 4.78 is 6.66. The van der Waals surface area contributed by atoms with E-state index in [1.165, 1.54) is 0 Å². The molecule has 0 heterocycles. The summed E-state index contributed by atoms with van der Waals surface area (Å²) in [6.07, 6.45) is 4.65. The van der Waals surface area contributed by atoms with Crippen LogP contribution in [0.1, 0.15) is 129 Å². The summed E-state index contributed by atoms with van der Waals surface area (Å²) in [6.45, 7) is 32.5. The van der Waals surface area contributed by atoms with Crippen molar-refractivity contribution >= 4 is 5.91 Å². The van der Waals surface area contributed by atoms with E-state index in [-0.39, 0.29) is 45.3 Å². The molecule has 1 amide bonds. The van der Waals surface area contributed by atoms with Crippen LogP contribution in [0.4, 0.5) is 0 Å². The minimum Gasteiger partial charge on any atom is -0.370 e. The molecule has 0 saturated carbocycles. The van der Waals surface area contributed by atoms with E-state index in [1.807, 2.05) is 6.92 Å². The first-order valence-electron chi connectivity index (χ1n) is 13.2. The van der Waals surface area contributed by atoms with E-state index < -0.39 is 0 Å². The van der Waals surface area contributed by atoms with Gasteiger partial charge < -0.3 is 15.4 Å². The van der Waals surface area contributed by atoms with Crippen LogP contribution >= 0.6 is 0 Å². The number of carbonyl (C=O) groups excluding carboxylic acids is 1. The molecular formula is C29H60N2O2. The first kappa shape index (κ1) is 32.4. The van der Waals surface area contributed by atoms with Gasteiger partial charge in [-0.05, 0) is 83.0 Å². The van der Waals surface area contributed by atoms with Crippen molar-refractivity contribution in [2.75, 3.05) is 13.1 Å². The third-order valence-electron chi connectivity index (χ3n) is 5.99. The van der Waals surface area contributed by atoms with Crippen molar-refractivity contribution in [2.45, 2.75) is 146 Å². The highest BCUT2D eigenvalue weighted by Crippen LogP contribution is 2.40. The lowest BCUT2D eigenvalue weighted by Gasteiger charge is -2.43. The molecule has 0 aromatic rings. The number of hydrogen-bond donors (Lipinski definition) is 1. The topological polar surface area (TPSA) is 55.6 Å². The molecule has 0 bridgehead atoms. The molecule has 0 aliphatic heterocycles. The molecule has 0 aliphatic rings. The molecule has 0 aromatic heterocycles.